The van der Waals surface area contributed by atoms with Gasteiger partial charge in [-0.3, -0.25) is 0 Å². The zero-order chi connectivity index (χ0) is 45.7. The van der Waals surface area contributed by atoms with Gasteiger partial charge >= 0.3 is 7.12 Å². The minimum atomic E-state index is -1.44. The molecule has 0 saturated carbocycles. The first-order valence-corrected chi connectivity index (χ1v) is 23.5. The summed E-state index contributed by atoms with van der Waals surface area (Å²) in [7, 11) is -1.44. The van der Waals surface area contributed by atoms with Gasteiger partial charge in [0.25, 0.3) is 0 Å². The molecule has 0 unspecified atom stereocenters. The van der Waals surface area contributed by atoms with Gasteiger partial charge in [0, 0.05) is 81.0 Å². The van der Waals surface area contributed by atoms with E-state index in [2.05, 4.69) is 211 Å². The number of fused-ring (bicyclic) bond motifs is 12. The summed E-state index contributed by atoms with van der Waals surface area (Å²) < 4.78 is 5.67. The Balaban J connectivity index is 0.000000115. The molecule has 14 rings (SSSR count). The van der Waals surface area contributed by atoms with Crippen LogP contribution in [0.4, 0.5) is 0 Å². The van der Waals surface area contributed by atoms with Crippen LogP contribution in [0.1, 0.15) is 0 Å². The summed E-state index contributed by atoms with van der Waals surface area (Å²) in [5.74, 6) is 0. The summed E-state index contributed by atoms with van der Waals surface area (Å²) in [5.41, 5.74) is 14.6. The van der Waals surface area contributed by atoms with Gasteiger partial charge in [0.2, 0.25) is 0 Å². The van der Waals surface area contributed by atoms with Crippen LogP contribution in [0.5, 0.6) is 0 Å². The highest BCUT2D eigenvalue weighted by Crippen LogP contribution is 2.35. The van der Waals surface area contributed by atoms with Crippen molar-refractivity contribution in [2.75, 3.05) is 0 Å². The monoisotopic (exact) mass is 940 g/mol. The van der Waals surface area contributed by atoms with Crippen molar-refractivity contribution < 1.29 is 10.0 Å². The van der Waals surface area contributed by atoms with Crippen LogP contribution in [0.2, 0.25) is 0 Å². The normalized spacial score (nSPS) is 11.5. The van der Waals surface area contributed by atoms with Crippen molar-refractivity contribution >= 4 is 116 Å². The number of aromatic amines is 2. The van der Waals surface area contributed by atoms with Crippen molar-refractivity contribution in [3.05, 3.63) is 235 Å². The van der Waals surface area contributed by atoms with Crippen molar-refractivity contribution in [1.82, 2.24) is 19.1 Å². The molecule has 0 aliphatic heterocycles. The van der Waals surface area contributed by atoms with Crippen molar-refractivity contribution in [2.24, 2.45) is 0 Å². The zero-order valence-corrected chi connectivity index (χ0v) is 38.3. The molecule has 0 aliphatic carbocycles. The van der Waals surface area contributed by atoms with Crippen molar-refractivity contribution in [1.29, 1.82) is 0 Å². The lowest BCUT2D eigenvalue weighted by atomic mass is 9.80. The Kier molecular flexibility index (Phi) is 10.5. The summed E-state index contributed by atoms with van der Waals surface area (Å²) in [6, 6.07) is 79.9. The second-order valence-corrected chi connectivity index (χ2v) is 18.0. The van der Waals surface area contributed by atoms with Gasteiger partial charge in [-0.05, 0) is 108 Å². The fourth-order valence-electron chi connectivity index (χ4n) is 9.85. The Morgan fingerprint density at radius 2 is 0.676 bits per heavy atom. The molecular formula is C60H42BBrN4O2. The number of rotatable bonds is 4. The number of nitrogens with one attached hydrogen (secondary N) is 2. The Bertz CT molecular complexity index is 4040. The lowest BCUT2D eigenvalue weighted by molar-refractivity contribution is 0.426. The van der Waals surface area contributed by atoms with Crippen LogP contribution in [-0.4, -0.2) is 36.3 Å². The van der Waals surface area contributed by atoms with Crippen LogP contribution >= 0.6 is 15.9 Å². The molecule has 10 aromatic carbocycles. The van der Waals surface area contributed by atoms with Gasteiger partial charge < -0.3 is 29.2 Å². The highest BCUT2D eigenvalue weighted by Gasteiger charge is 2.15. The van der Waals surface area contributed by atoms with Gasteiger partial charge in [0.15, 0.2) is 0 Å². The van der Waals surface area contributed by atoms with E-state index < -0.39 is 7.12 Å². The average Bonchev–Trinajstić information content (AvgIpc) is 4.14. The van der Waals surface area contributed by atoms with Gasteiger partial charge in [-0.1, -0.05) is 155 Å². The second-order valence-electron chi connectivity index (χ2n) is 17.0. The SMILES string of the molecule is Brc1ccc2[nH]c3ccccc3c2c1.OB(O)c1ccc(-n2c3ccccc3c3ccccc32)cc1.c1ccc2c(c1)[nH]c1ccc(-c3ccc(-n4c5ccccc5c5ccccc54)cc3)cc12. The number of hydrogen-bond donors (Lipinski definition) is 4. The first kappa shape index (κ1) is 41.3. The highest BCUT2D eigenvalue weighted by molar-refractivity contribution is 9.10. The maximum absolute atomic E-state index is 9.24. The summed E-state index contributed by atoms with van der Waals surface area (Å²) in [4.78, 5) is 6.90. The molecule has 0 amide bonds. The lowest BCUT2D eigenvalue weighted by Crippen LogP contribution is -2.29. The summed E-state index contributed by atoms with van der Waals surface area (Å²) >= 11 is 3.49. The van der Waals surface area contributed by atoms with E-state index >= 15 is 0 Å². The quantitative estimate of drug-likeness (QED) is 0.133. The summed E-state index contributed by atoms with van der Waals surface area (Å²) in [6.07, 6.45) is 0. The van der Waals surface area contributed by atoms with E-state index in [-0.39, 0.29) is 0 Å². The van der Waals surface area contributed by atoms with Gasteiger partial charge in [-0.15, -0.1) is 0 Å². The van der Waals surface area contributed by atoms with E-state index in [4.69, 9.17) is 0 Å². The maximum Gasteiger partial charge on any atom is 0.488 e. The molecule has 8 heteroatoms. The zero-order valence-electron chi connectivity index (χ0n) is 36.7. The Hall–Kier alpha value is -8.14. The van der Waals surface area contributed by atoms with Crippen molar-refractivity contribution in [2.45, 2.75) is 0 Å². The number of H-pyrrole nitrogens is 2. The van der Waals surface area contributed by atoms with Crippen LogP contribution in [0.25, 0.3) is 110 Å². The molecule has 14 aromatic rings. The third-order valence-corrected chi connectivity index (χ3v) is 13.5. The second kappa shape index (κ2) is 17.3. The predicted octanol–water partition coefficient (Wildman–Crippen LogP) is 14.6. The minimum absolute atomic E-state index is 0.490. The molecule has 0 radical (unpaired) electrons. The van der Waals surface area contributed by atoms with Gasteiger partial charge in [0.1, 0.15) is 0 Å². The number of nitrogens with zero attached hydrogens (tertiary/aromatic N) is 2. The van der Waals surface area contributed by atoms with E-state index in [0.717, 1.165) is 21.2 Å². The molecule has 324 valence electrons. The van der Waals surface area contributed by atoms with E-state index in [1.807, 2.05) is 42.5 Å². The topological polar surface area (TPSA) is 81.9 Å². The molecule has 6 nitrogen and oxygen atoms in total. The number of benzene rings is 10. The number of aromatic nitrogens is 4. The van der Waals surface area contributed by atoms with Crippen LogP contribution in [0.15, 0.2) is 235 Å². The fourth-order valence-corrected chi connectivity index (χ4v) is 10.2. The molecule has 0 spiro atoms. The van der Waals surface area contributed by atoms with Crippen molar-refractivity contribution in [3.63, 3.8) is 0 Å². The number of hydrogen-bond acceptors (Lipinski definition) is 2. The smallest absolute Gasteiger partial charge is 0.423 e. The molecule has 0 aliphatic rings. The van der Waals surface area contributed by atoms with Gasteiger partial charge in [-0.25, -0.2) is 0 Å². The predicted molar refractivity (Wildman–Crippen MR) is 290 cm³/mol. The lowest BCUT2D eigenvalue weighted by Gasteiger charge is -2.09. The standard InChI is InChI=1S/C30H20N2.C18H14BNO2.C12H8BrN/c1-4-10-27-23(7-1)26-19-21(15-18-28(26)31-27)20-13-16-22(17-14-20)32-29-11-5-2-8-24(29)25-9-3-6-12-30(25)32;21-19(22)13-9-11-14(12-10-13)20-17-7-3-1-5-15(17)16-6-2-4-8-18(16)20;13-8-5-6-12-10(7-8)9-3-1-2-4-11(9)14-12/h1-19,31H;1-12,21-22H;1-7,14H. The molecule has 4 heterocycles. The number of halogens is 1. The third-order valence-electron chi connectivity index (χ3n) is 13.0. The minimum Gasteiger partial charge on any atom is -0.423 e. The fraction of sp³-hybridized carbons (Fsp3) is 0. The molecule has 4 N–H and O–H groups in total. The molecule has 4 aromatic heterocycles. The average molecular weight is 942 g/mol. The third kappa shape index (κ3) is 7.32. The number of para-hydroxylation sites is 6. The molecule has 0 fully saturated rings. The summed E-state index contributed by atoms with van der Waals surface area (Å²) in [5, 5.41) is 28.6. The highest BCUT2D eigenvalue weighted by atomic mass is 79.9. The molecule has 0 atom stereocenters. The maximum atomic E-state index is 9.24. The van der Waals surface area contributed by atoms with Crippen LogP contribution in [0, 0.1) is 0 Å². The Morgan fingerprint density at radius 1 is 0.324 bits per heavy atom. The van der Waals surface area contributed by atoms with E-state index in [0.29, 0.717) is 5.46 Å². The first-order chi connectivity index (χ1) is 33.5. The van der Waals surface area contributed by atoms with E-state index in [9.17, 15) is 10.0 Å². The molecular weight excluding hydrogens is 899 g/mol. The van der Waals surface area contributed by atoms with Gasteiger partial charge in [0.05, 0.1) is 22.1 Å². The molecule has 0 bridgehead atoms. The molecule has 0 saturated heterocycles. The van der Waals surface area contributed by atoms with E-state index in [1.54, 1.807) is 12.1 Å². The van der Waals surface area contributed by atoms with Crippen LogP contribution < -0.4 is 5.46 Å². The van der Waals surface area contributed by atoms with E-state index in [1.165, 1.54) is 93.0 Å². The van der Waals surface area contributed by atoms with Crippen LogP contribution in [0.3, 0.4) is 0 Å². The summed E-state index contributed by atoms with van der Waals surface area (Å²) in [6.45, 7) is 0. The Labute approximate surface area is 400 Å². The van der Waals surface area contributed by atoms with Crippen molar-refractivity contribution in [3.8, 4) is 22.5 Å². The van der Waals surface area contributed by atoms with Gasteiger partial charge in [-0.2, -0.15) is 0 Å². The largest absolute Gasteiger partial charge is 0.488 e. The van der Waals surface area contributed by atoms with Crippen LogP contribution in [-0.2, 0) is 0 Å². The Morgan fingerprint density at radius 3 is 1.13 bits per heavy atom. The molecule has 68 heavy (non-hydrogen) atoms. The first-order valence-electron chi connectivity index (χ1n) is 22.7.